The summed E-state index contributed by atoms with van der Waals surface area (Å²) in [6.07, 6.45) is 7.68. The van der Waals surface area contributed by atoms with E-state index >= 15 is 0 Å². The minimum Gasteiger partial charge on any atom is -0.497 e. The molecule has 11 heteroatoms. The van der Waals surface area contributed by atoms with Crippen molar-refractivity contribution in [2.24, 2.45) is 5.10 Å². The minimum absolute atomic E-state index is 0.0405. The fraction of sp³-hybridized carbons (Fsp3) is 0.500. The van der Waals surface area contributed by atoms with Crippen molar-refractivity contribution in [1.29, 1.82) is 0 Å². The molecule has 0 amide bonds. The van der Waals surface area contributed by atoms with Crippen LogP contribution >= 0.6 is 0 Å². The van der Waals surface area contributed by atoms with Crippen LogP contribution in [0.15, 0.2) is 47.7 Å². The molecule has 1 aromatic heterocycles. The van der Waals surface area contributed by atoms with Crippen LogP contribution in [0.4, 0.5) is 11.4 Å². The molecule has 0 saturated carbocycles. The predicted octanol–water partition coefficient (Wildman–Crippen LogP) is 4.07. The molecule has 3 aromatic rings. The molecule has 2 aliphatic heterocycles. The lowest BCUT2D eigenvalue weighted by Gasteiger charge is -2.30. The predicted molar refractivity (Wildman–Crippen MR) is 156 cm³/mol. The summed E-state index contributed by atoms with van der Waals surface area (Å²) in [5.74, 6) is 1.31. The average molecular weight is 566 g/mol. The van der Waals surface area contributed by atoms with Gasteiger partial charge in [-0.05, 0) is 43.9 Å². The molecule has 2 atom stereocenters. The van der Waals surface area contributed by atoms with E-state index in [0.29, 0.717) is 37.7 Å². The van der Waals surface area contributed by atoms with E-state index in [2.05, 4.69) is 10.0 Å². The van der Waals surface area contributed by atoms with Crippen LogP contribution in [0.2, 0.25) is 0 Å². The fourth-order valence-corrected chi connectivity index (χ4v) is 5.00. The molecule has 5 rings (SSSR count). The van der Waals surface area contributed by atoms with Gasteiger partial charge in [-0.15, -0.1) is 0 Å². The number of anilines is 2. The maximum atomic E-state index is 9.65. The Balaban J connectivity index is 1.38. The number of aromatic nitrogens is 2. The number of hydrazone groups is 1. The number of aliphatic hydroxyl groups is 1. The van der Waals surface area contributed by atoms with Gasteiger partial charge in [0.25, 0.3) is 0 Å². The van der Waals surface area contributed by atoms with Crippen molar-refractivity contribution in [1.82, 2.24) is 15.0 Å². The standard InChI is InChI=1S/C30H39N5O6/c1-37-12-13-39-21-41-26-15-24(14-25(17-26)38-2)34(9-5-10-36)23-7-8-27-28(16-23)33-29(19-31-27)22-18-32-35(20-22)30-6-3-4-11-40-30/h7-8,14-19,22,30,36H,3-6,9-13,20-21H2,1-2H3. The van der Waals surface area contributed by atoms with Crippen molar-refractivity contribution in [3.8, 4) is 11.5 Å². The first-order chi connectivity index (χ1) is 20.2. The first kappa shape index (κ1) is 29.0. The van der Waals surface area contributed by atoms with Crippen molar-refractivity contribution >= 4 is 28.6 Å². The van der Waals surface area contributed by atoms with Gasteiger partial charge < -0.3 is 33.7 Å². The van der Waals surface area contributed by atoms with Crippen LogP contribution in [0, 0.1) is 0 Å². The van der Waals surface area contributed by atoms with E-state index in [9.17, 15) is 5.11 Å². The maximum Gasteiger partial charge on any atom is 0.189 e. The van der Waals surface area contributed by atoms with E-state index in [0.717, 1.165) is 60.5 Å². The van der Waals surface area contributed by atoms with Crippen molar-refractivity contribution in [2.45, 2.75) is 37.8 Å². The first-order valence-corrected chi connectivity index (χ1v) is 14.1. The Hall–Kier alpha value is -3.51. The van der Waals surface area contributed by atoms with E-state index in [-0.39, 0.29) is 25.5 Å². The number of aliphatic hydroxyl groups excluding tert-OH is 1. The maximum absolute atomic E-state index is 9.65. The quantitative estimate of drug-likeness (QED) is 0.227. The number of hydrogen-bond donors (Lipinski definition) is 1. The zero-order valence-electron chi connectivity index (χ0n) is 23.8. The fourth-order valence-electron chi connectivity index (χ4n) is 5.00. The second-order valence-corrected chi connectivity index (χ2v) is 10.0. The molecule has 1 fully saturated rings. The molecular weight excluding hydrogens is 526 g/mol. The monoisotopic (exact) mass is 565 g/mol. The third kappa shape index (κ3) is 7.42. The average Bonchev–Trinajstić information content (AvgIpc) is 3.52. The van der Waals surface area contributed by atoms with Crippen molar-refractivity contribution in [2.75, 3.05) is 65.4 Å². The number of benzene rings is 2. The highest BCUT2D eigenvalue weighted by molar-refractivity contribution is 5.82. The zero-order valence-corrected chi connectivity index (χ0v) is 23.8. The van der Waals surface area contributed by atoms with E-state index in [1.807, 2.05) is 53.8 Å². The van der Waals surface area contributed by atoms with E-state index < -0.39 is 0 Å². The Morgan fingerprint density at radius 3 is 2.76 bits per heavy atom. The molecule has 0 aliphatic carbocycles. The highest BCUT2D eigenvalue weighted by atomic mass is 16.7. The molecule has 0 radical (unpaired) electrons. The van der Waals surface area contributed by atoms with Crippen LogP contribution in [0.25, 0.3) is 11.0 Å². The van der Waals surface area contributed by atoms with Crippen LogP contribution < -0.4 is 14.4 Å². The lowest BCUT2D eigenvalue weighted by molar-refractivity contribution is -0.0817. The molecule has 41 heavy (non-hydrogen) atoms. The second kappa shape index (κ2) is 14.4. The Kier molecular flexibility index (Phi) is 10.2. The minimum atomic E-state index is 0.0405. The molecule has 0 bridgehead atoms. The molecule has 1 N–H and O–H groups in total. The van der Waals surface area contributed by atoms with Crippen molar-refractivity contribution < 1.29 is 28.8 Å². The Morgan fingerprint density at radius 2 is 1.95 bits per heavy atom. The normalized spacial score (nSPS) is 18.7. The molecule has 2 aromatic carbocycles. The van der Waals surface area contributed by atoms with Crippen molar-refractivity contribution in [3.63, 3.8) is 0 Å². The van der Waals surface area contributed by atoms with Crippen molar-refractivity contribution in [3.05, 3.63) is 48.3 Å². The molecule has 0 spiro atoms. The lowest BCUT2D eigenvalue weighted by atomic mass is 10.1. The van der Waals surface area contributed by atoms with Gasteiger partial charge in [-0.1, -0.05) is 0 Å². The van der Waals surface area contributed by atoms with E-state index in [1.54, 1.807) is 14.2 Å². The molecule has 2 aliphatic rings. The topological polar surface area (TPSA) is 111 Å². The van der Waals surface area contributed by atoms with Crippen LogP contribution in [-0.2, 0) is 14.2 Å². The molecule has 11 nitrogen and oxygen atoms in total. The summed E-state index contributed by atoms with van der Waals surface area (Å²) in [4.78, 5) is 11.8. The third-order valence-corrected chi connectivity index (χ3v) is 7.20. The van der Waals surface area contributed by atoms with Gasteiger partial charge >= 0.3 is 0 Å². The van der Waals surface area contributed by atoms with Crippen LogP contribution in [0.5, 0.6) is 11.5 Å². The number of fused-ring (bicyclic) bond motifs is 1. The van der Waals surface area contributed by atoms with Gasteiger partial charge in [-0.3, -0.25) is 9.99 Å². The first-order valence-electron chi connectivity index (χ1n) is 14.1. The lowest BCUT2D eigenvalue weighted by Crippen LogP contribution is -2.35. The van der Waals surface area contributed by atoms with Crippen LogP contribution in [0.1, 0.15) is 37.3 Å². The Labute approximate surface area is 240 Å². The van der Waals surface area contributed by atoms with Gasteiger partial charge in [-0.25, -0.2) is 4.98 Å². The van der Waals surface area contributed by atoms with Gasteiger partial charge in [0, 0.05) is 68.9 Å². The van der Waals surface area contributed by atoms with Crippen LogP contribution in [0.3, 0.4) is 0 Å². The summed E-state index contributed by atoms with van der Waals surface area (Å²) in [5.41, 5.74) is 4.26. The molecule has 2 unspecified atom stereocenters. The number of methoxy groups -OCH3 is 2. The zero-order chi connectivity index (χ0) is 28.4. The summed E-state index contributed by atoms with van der Waals surface area (Å²) in [5, 5.41) is 16.3. The van der Waals surface area contributed by atoms with E-state index in [1.165, 1.54) is 0 Å². The molecular formula is C30H39N5O6. The summed E-state index contributed by atoms with van der Waals surface area (Å²) in [6, 6.07) is 11.7. The summed E-state index contributed by atoms with van der Waals surface area (Å²) in [6.45, 7) is 3.19. The molecule has 3 heterocycles. The number of hydrogen-bond acceptors (Lipinski definition) is 11. The number of ether oxygens (including phenoxy) is 5. The third-order valence-electron chi connectivity index (χ3n) is 7.20. The van der Waals surface area contributed by atoms with Gasteiger partial charge in [-0.2, -0.15) is 5.10 Å². The summed E-state index contributed by atoms with van der Waals surface area (Å²) < 4.78 is 27.8. The largest absolute Gasteiger partial charge is 0.497 e. The summed E-state index contributed by atoms with van der Waals surface area (Å²) in [7, 11) is 3.25. The molecule has 1 saturated heterocycles. The van der Waals surface area contributed by atoms with E-state index in [4.69, 9.17) is 33.7 Å². The molecule has 220 valence electrons. The van der Waals surface area contributed by atoms with Gasteiger partial charge in [0.05, 0.1) is 49.5 Å². The smallest absolute Gasteiger partial charge is 0.189 e. The second-order valence-electron chi connectivity index (χ2n) is 10.0. The Bertz CT molecular complexity index is 1300. The Morgan fingerprint density at radius 1 is 1.05 bits per heavy atom. The highest BCUT2D eigenvalue weighted by Gasteiger charge is 2.28. The van der Waals surface area contributed by atoms with Gasteiger partial charge in [0.1, 0.15) is 17.7 Å². The SMILES string of the molecule is COCCOCOc1cc(OC)cc(N(CCCO)c2ccc3ncc(C4C=NN(C5CCCCO5)C4)nc3c2)c1. The van der Waals surface area contributed by atoms with Crippen LogP contribution in [-0.4, -0.2) is 93.1 Å². The van der Waals surface area contributed by atoms with Gasteiger partial charge in [0.2, 0.25) is 0 Å². The number of rotatable bonds is 14. The number of nitrogens with zero attached hydrogens (tertiary/aromatic N) is 5. The summed E-state index contributed by atoms with van der Waals surface area (Å²) >= 11 is 0. The highest BCUT2D eigenvalue weighted by Crippen LogP contribution is 2.34. The van der Waals surface area contributed by atoms with Gasteiger partial charge in [0.15, 0.2) is 6.79 Å².